The minimum Gasteiger partial charge on any atom is -0.381 e. The Morgan fingerprint density at radius 3 is 2.81 bits per heavy atom. The predicted molar refractivity (Wildman–Crippen MR) is 69.8 cm³/mol. The fraction of sp³-hybridized carbons (Fsp3) is 0.636. The predicted octanol–water partition coefficient (Wildman–Crippen LogP) is 1.78. The Morgan fingerprint density at radius 2 is 2.06 bits per heavy atom. The molecule has 0 bridgehead atoms. The zero-order chi connectivity index (χ0) is 11.6. The van der Waals surface area contributed by atoms with E-state index in [0.717, 1.165) is 31.1 Å². The van der Waals surface area contributed by atoms with E-state index in [1.165, 1.54) is 0 Å². The summed E-state index contributed by atoms with van der Waals surface area (Å²) in [5.41, 5.74) is 5.85. The van der Waals surface area contributed by atoms with E-state index in [-0.39, 0.29) is 0 Å². The lowest BCUT2D eigenvalue weighted by Crippen LogP contribution is -2.28. The van der Waals surface area contributed by atoms with Gasteiger partial charge >= 0.3 is 0 Å². The Labute approximate surface area is 101 Å². The number of thioether (sulfide) groups is 1. The molecule has 0 spiro atoms. The van der Waals surface area contributed by atoms with E-state index in [2.05, 4.69) is 28.7 Å². The molecule has 0 aliphatic carbocycles. The molecule has 2 rings (SSSR count). The first-order valence-corrected chi connectivity index (χ1v) is 6.52. The standard InChI is InChI=1S/C11H18N4S/c1-11(2)3-6-15(7-8-16-11)10-9(12)13-4-5-14-10/h4-5H,3,6-8H2,1-2H3,(H2,12,13). The minimum atomic E-state index is 0.353. The van der Waals surface area contributed by atoms with Gasteiger partial charge in [0.1, 0.15) is 0 Å². The van der Waals surface area contributed by atoms with E-state index >= 15 is 0 Å². The first-order chi connectivity index (χ1) is 7.58. The van der Waals surface area contributed by atoms with Crippen LogP contribution >= 0.6 is 11.8 Å². The van der Waals surface area contributed by atoms with Crippen LogP contribution in [0.1, 0.15) is 20.3 Å². The largest absolute Gasteiger partial charge is 0.381 e. The van der Waals surface area contributed by atoms with Crippen molar-refractivity contribution in [2.75, 3.05) is 29.5 Å². The molecule has 5 heteroatoms. The van der Waals surface area contributed by atoms with Crippen LogP contribution in [0.3, 0.4) is 0 Å². The average molecular weight is 238 g/mol. The van der Waals surface area contributed by atoms with Crippen molar-refractivity contribution in [2.24, 2.45) is 0 Å². The summed E-state index contributed by atoms with van der Waals surface area (Å²) >= 11 is 2.01. The Balaban J connectivity index is 2.14. The highest BCUT2D eigenvalue weighted by molar-refractivity contribution is 8.00. The van der Waals surface area contributed by atoms with E-state index in [1.54, 1.807) is 12.4 Å². The Hall–Kier alpha value is -0.970. The maximum Gasteiger partial charge on any atom is 0.171 e. The molecule has 1 aliphatic heterocycles. The van der Waals surface area contributed by atoms with Crippen molar-refractivity contribution in [3.8, 4) is 0 Å². The second-order valence-electron chi connectivity index (χ2n) is 4.61. The van der Waals surface area contributed by atoms with Crippen molar-refractivity contribution < 1.29 is 0 Å². The zero-order valence-corrected chi connectivity index (χ0v) is 10.6. The van der Waals surface area contributed by atoms with Crippen molar-refractivity contribution in [3.05, 3.63) is 12.4 Å². The number of aromatic nitrogens is 2. The molecule has 1 aromatic rings. The summed E-state index contributed by atoms with van der Waals surface area (Å²) in [7, 11) is 0. The summed E-state index contributed by atoms with van der Waals surface area (Å²) in [5.74, 6) is 2.48. The summed E-state index contributed by atoms with van der Waals surface area (Å²) in [5, 5.41) is 0. The molecule has 0 saturated carbocycles. The molecule has 1 aliphatic rings. The van der Waals surface area contributed by atoms with Gasteiger partial charge in [0.25, 0.3) is 0 Å². The van der Waals surface area contributed by atoms with Gasteiger partial charge in [0.05, 0.1) is 0 Å². The van der Waals surface area contributed by atoms with Crippen LogP contribution in [0, 0.1) is 0 Å². The second-order valence-corrected chi connectivity index (χ2v) is 6.41. The SMILES string of the molecule is CC1(C)CCN(c2nccnc2N)CCS1. The van der Waals surface area contributed by atoms with Crippen LogP contribution in [-0.2, 0) is 0 Å². The zero-order valence-electron chi connectivity index (χ0n) is 9.81. The lowest BCUT2D eigenvalue weighted by atomic mass is 10.1. The molecule has 2 heterocycles. The van der Waals surface area contributed by atoms with Gasteiger partial charge in [0.2, 0.25) is 0 Å². The third kappa shape index (κ3) is 2.58. The summed E-state index contributed by atoms with van der Waals surface area (Å²) in [6.45, 7) is 6.59. The molecule has 0 aromatic carbocycles. The van der Waals surface area contributed by atoms with Crippen molar-refractivity contribution in [3.63, 3.8) is 0 Å². The van der Waals surface area contributed by atoms with E-state index in [0.29, 0.717) is 10.6 Å². The van der Waals surface area contributed by atoms with Crippen LogP contribution in [0.2, 0.25) is 0 Å². The number of anilines is 2. The van der Waals surface area contributed by atoms with Gasteiger partial charge in [0.15, 0.2) is 11.6 Å². The van der Waals surface area contributed by atoms with Crippen LogP contribution in [0.25, 0.3) is 0 Å². The van der Waals surface area contributed by atoms with Gasteiger partial charge in [-0.1, -0.05) is 13.8 Å². The average Bonchev–Trinajstić information content (AvgIpc) is 2.40. The summed E-state index contributed by atoms with van der Waals surface area (Å²) in [4.78, 5) is 10.6. The van der Waals surface area contributed by atoms with Crippen LogP contribution in [0.4, 0.5) is 11.6 Å². The highest BCUT2D eigenvalue weighted by Crippen LogP contribution is 2.32. The normalized spacial score (nSPS) is 20.5. The van der Waals surface area contributed by atoms with Crippen molar-refractivity contribution in [1.82, 2.24) is 9.97 Å². The Kier molecular flexibility index (Phi) is 3.23. The van der Waals surface area contributed by atoms with Gasteiger partial charge in [-0.2, -0.15) is 11.8 Å². The van der Waals surface area contributed by atoms with Gasteiger partial charge in [-0.05, 0) is 6.42 Å². The van der Waals surface area contributed by atoms with E-state index in [4.69, 9.17) is 5.73 Å². The summed E-state index contributed by atoms with van der Waals surface area (Å²) in [6.07, 6.45) is 4.48. The molecule has 0 amide bonds. The summed E-state index contributed by atoms with van der Waals surface area (Å²) in [6, 6.07) is 0. The summed E-state index contributed by atoms with van der Waals surface area (Å²) < 4.78 is 0.353. The molecular weight excluding hydrogens is 220 g/mol. The molecule has 1 aromatic heterocycles. The Morgan fingerprint density at radius 1 is 1.31 bits per heavy atom. The van der Waals surface area contributed by atoms with Gasteiger partial charge < -0.3 is 10.6 Å². The molecule has 4 nitrogen and oxygen atoms in total. The van der Waals surface area contributed by atoms with Crippen LogP contribution in [0.5, 0.6) is 0 Å². The lowest BCUT2D eigenvalue weighted by Gasteiger charge is -2.23. The number of nitrogens with two attached hydrogens (primary N) is 1. The number of nitrogens with zero attached hydrogens (tertiary/aromatic N) is 3. The molecule has 1 saturated heterocycles. The number of hydrogen-bond donors (Lipinski definition) is 1. The van der Waals surface area contributed by atoms with E-state index in [1.807, 2.05) is 11.8 Å². The molecule has 88 valence electrons. The highest BCUT2D eigenvalue weighted by atomic mass is 32.2. The fourth-order valence-corrected chi connectivity index (χ4v) is 2.92. The molecule has 0 unspecified atom stereocenters. The maximum absolute atomic E-state index is 5.85. The van der Waals surface area contributed by atoms with E-state index in [9.17, 15) is 0 Å². The molecule has 1 fully saturated rings. The van der Waals surface area contributed by atoms with Crippen LogP contribution in [-0.4, -0.2) is 33.6 Å². The van der Waals surface area contributed by atoms with Gasteiger partial charge in [0, 0.05) is 36.0 Å². The highest BCUT2D eigenvalue weighted by Gasteiger charge is 2.24. The maximum atomic E-state index is 5.85. The topological polar surface area (TPSA) is 55.0 Å². The lowest BCUT2D eigenvalue weighted by molar-refractivity contribution is 0.635. The smallest absolute Gasteiger partial charge is 0.171 e. The third-order valence-corrected chi connectivity index (χ3v) is 4.22. The quantitative estimate of drug-likeness (QED) is 0.808. The number of hydrogen-bond acceptors (Lipinski definition) is 5. The van der Waals surface area contributed by atoms with Crippen molar-refractivity contribution in [2.45, 2.75) is 25.0 Å². The fourth-order valence-electron chi connectivity index (χ4n) is 1.82. The van der Waals surface area contributed by atoms with Crippen molar-refractivity contribution >= 4 is 23.4 Å². The van der Waals surface area contributed by atoms with Crippen LogP contribution < -0.4 is 10.6 Å². The molecule has 0 radical (unpaired) electrons. The van der Waals surface area contributed by atoms with Gasteiger partial charge in [-0.3, -0.25) is 0 Å². The van der Waals surface area contributed by atoms with Gasteiger partial charge in [-0.15, -0.1) is 0 Å². The Bertz CT molecular complexity index is 367. The molecule has 2 N–H and O–H groups in total. The molecular formula is C11H18N4S. The van der Waals surface area contributed by atoms with E-state index < -0.39 is 0 Å². The van der Waals surface area contributed by atoms with Gasteiger partial charge in [-0.25, -0.2) is 9.97 Å². The first kappa shape index (κ1) is 11.5. The first-order valence-electron chi connectivity index (χ1n) is 5.54. The second kappa shape index (κ2) is 4.49. The number of nitrogen functional groups attached to an aromatic ring is 1. The molecule has 0 atom stereocenters. The van der Waals surface area contributed by atoms with Crippen molar-refractivity contribution in [1.29, 1.82) is 0 Å². The van der Waals surface area contributed by atoms with Crippen LogP contribution in [0.15, 0.2) is 12.4 Å². The molecule has 16 heavy (non-hydrogen) atoms. The third-order valence-electron chi connectivity index (χ3n) is 2.84. The number of rotatable bonds is 1. The minimum absolute atomic E-state index is 0.353. The monoisotopic (exact) mass is 238 g/mol.